The van der Waals surface area contributed by atoms with Crippen molar-refractivity contribution in [2.24, 2.45) is 5.84 Å². The van der Waals surface area contributed by atoms with Crippen LogP contribution in [0.1, 0.15) is 65.7 Å². The summed E-state index contributed by atoms with van der Waals surface area (Å²) in [4.78, 5) is 19.0. The summed E-state index contributed by atoms with van der Waals surface area (Å²) >= 11 is 0. The van der Waals surface area contributed by atoms with Crippen LogP contribution in [0.2, 0.25) is 0 Å². The van der Waals surface area contributed by atoms with E-state index in [9.17, 15) is 4.79 Å². The van der Waals surface area contributed by atoms with Crippen molar-refractivity contribution < 1.29 is 19.4 Å². The van der Waals surface area contributed by atoms with Gasteiger partial charge in [-0.15, -0.1) is 0 Å². The number of carbonyl (C=O) groups is 2. The molecule has 20 heavy (non-hydrogen) atoms. The minimum Gasteiger partial charge on any atom is -0.483 e. The largest absolute Gasteiger partial charge is 0.483 e. The summed E-state index contributed by atoms with van der Waals surface area (Å²) in [6, 6.07) is 0. The molecule has 0 aromatic rings. The maximum Gasteiger partial charge on any atom is 0.290 e. The summed E-state index contributed by atoms with van der Waals surface area (Å²) in [5.74, 6) is 4.64. The van der Waals surface area contributed by atoms with Crippen LogP contribution in [0.4, 0.5) is 0 Å². The molecule has 0 spiro atoms. The van der Waals surface area contributed by atoms with Crippen LogP contribution in [0.3, 0.4) is 0 Å². The van der Waals surface area contributed by atoms with Crippen molar-refractivity contribution in [2.75, 3.05) is 13.2 Å². The van der Waals surface area contributed by atoms with Gasteiger partial charge in [0.2, 0.25) is 0 Å². The van der Waals surface area contributed by atoms with Crippen molar-refractivity contribution in [1.82, 2.24) is 5.43 Å². The Labute approximate surface area is 123 Å². The first-order chi connectivity index (χ1) is 9.72. The molecule has 0 aromatic carbocycles. The number of rotatable bonds is 10. The molecule has 0 bridgehead atoms. The number of amides is 1. The van der Waals surface area contributed by atoms with Gasteiger partial charge in [0.05, 0.1) is 0 Å². The molecule has 0 aliphatic heterocycles. The molecule has 1 amide bonds. The predicted molar refractivity (Wildman–Crippen MR) is 81.2 cm³/mol. The smallest absolute Gasteiger partial charge is 0.290 e. The Bertz CT molecular complexity index is 190. The lowest BCUT2D eigenvalue weighted by molar-refractivity contribution is -0.126. The minimum atomic E-state index is -0.266. The third-order valence-electron chi connectivity index (χ3n) is 2.29. The van der Waals surface area contributed by atoms with Gasteiger partial charge in [0.25, 0.3) is 12.4 Å². The van der Waals surface area contributed by atoms with Crippen molar-refractivity contribution in [1.29, 1.82) is 0 Å². The quantitative estimate of drug-likeness (QED) is 0.189. The highest BCUT2D eigenvalue weighted by Gasteiger charge is 1.97. The third kappa shape index (κ3) is 30.2. The Morgan fingerprint density at radius 3 is 2.05 bits per heavy atom. The van der Waals surface area contributed by atoms with E-state index in [1.54, 1.807) is 0 Å². The summed E-state index contributed by atoms with van der Waals surface area (Å²) < 4.78 is 5.12. The second-order valence-electron chi connectivity index (χ2n) is 3.85. The van der Waals surface area contributed by atoms with E-state index in [0.29, 0.717) is 6.61 Å². The van der Waals surface area contributed by atoms with Crippen LogP contribution in [-0.2, 0) is 14.3 Å². The van der Waals surface area contributed by atoms with E-state index in [1.165, 1.54) is 38.5 Å². The lowest BCUT2D eigenvalue weighted by Crippen LogP contribution is -2.33. The van der Waals surface area contributed by atoms with Crippen molar-refractivity contribution in [2.45, 2.75) is 65.7 Å². The first-order valence-corrected chi connectivity index (χ1v) is 7.37. The zero-order chi connectivity index (χ0) is 16.1. The number of carbonyl (C=O) groups excluding carboxylic acids is 1. The van der Waals surface area contributed by atoms with E-state index >= 15 is 0 Å². The van der Waals surface area contributed by atoms with Gasteiger partial charge in [0.15, 0.2) is 0 Å². The molecule has 0 aliphatic rings. The highest BCUT2D eigenvalue weighted by Crippen LogP contribution is 2.06. The van der Waals surface area contributed by atoms with Gasteiger partial charge >= 0.3 is 0 Å². The minimum absolute atomic E-state index is 0.0757. The van der Waals surface area contributed by atoms with Crippen LogP contribution < -0.4 is 11.3 Å². The fraction of sp³-hybridized carbons (Fsp3) is 0.857. The molecule has 0 unspecified atom stereocenters. The molecule has 6 nitrogen and oxygen atoms in total. The summed E-state index contributed by atoms with van der Waals surface area (Å²) in [6.45, 7) is 6.70. The number of unbranched alkanes of at least 4 members (excludes halogenated alkanes) is 6. The Morgan fingerprint density at radius 1 is 1.15 bits per heavy atom. The fourth-order valence-corrected chi connectivity index (χ4v) is 1.37. The van der Waals surface area contributed by atoms with Gasteiger partial charge in [-0.25, -0.2) is 5.84 Å². The number of carboxylic acid groups (broad SMARTS) is 1. The topological polar surface area (TPSA) is 102 Å². The van der Waals surface area contributed by atoms with E-state index < -0.39 is 0 Å². The number of hydrazine groups is 1. The third-order valence-corrected chi connectivity index (χ3v) is 2.29. The highest BCUT2D eigenvalue weighted by molar-refractivity contribution is 5.76. The van der Waals surface area contributed by atoms with Crippen molar-refractivity contribution in [3.63, 3.8) is 0 Å². The van der Waals surface area contributed by atoms with Crippen molar-refractivity contribution in [3.05, 3.63) is 0 Å². The molecule has 0 aromatic heterocycles. The molecule has 0 saturated carbocycles. The maximum atomic E-state index is 10.7. The zero-order valence-corrected chi connectivity index (χ0v) is 13.2. The van der Waals surface area contributed by atoms with E-state index in [4.69, 9.17) is 20.5 Å². The second-order valence-corrected chi connectivity index (χ2v) is 3.85. The maximum absolute atomic E-state index is 10.7. The molecule has 0 rings (SSSR count). The van der Waals surface area contributed by atoms with Crippen LogP contribution in [-0.4, -0.2) is 30.7 Å². The molecule has 6 heteroatoms. The van der Waals surface area contributed by atoms with Gasteiger partial charge in [-0.1, -0.05) is 59.3 Å². The van der Waals surface area contributed by atoms with Crippen LogP contribution in [0.15, 0.2) is 0 Å². The summed E-state index contributed by atoms with van der Waals surface area (Å²) in [6.07, 6.45) is 8.78. The van der Waals surface area contributed by atoms with E-state index in [2.05, 4.69) is 6.92 Å². The van der Waals surface area contributed by atoms with Crippen LogP contribution in [0.25, 0.3) is 0 Å². The summed E-state index contributed by atoms with van der Waals surface area (Å²) in [5, 5.41) is 6.89. The van der Waals surface area contributed by atoms with Crippen molar-refractivity contribution >= 4 is 12.4 Å². The van der Waals surface area contributed by atoms with Crippen molar-refractivity contribution in [3.8, 4) is 0 Å². The molecule has 0 saturated heterocycles. The zero-order valence-electron chi connectivity index (χ0n) is 13.2. The van der Waals surface area contributed by atoms with E-state index in [0.717, 1.165) is 6.42 Å². The first-order valence-electron chi connectivity index (χ1n) is 7.37. The number of hydrogen-bond donors (Lipinski definition) is 3. The van der Waals surface area contributed by atoms with E-state index in [-0.39, 0.29) is 19.0 Å². The molecule has 0 heterocycles. The molecule has 0 atom stereocenters. The molecular formula is C14H32N2O4. The monoisotopic (exact) mass is 292 g/mol. The normalized spacial score (nSPS) is 8.60. The molecule has 4 N–H and O–H groups in total. The fourth-order valence-electron chi connectivity index (χ4n) is 1.37. The first kappa shape index (κ1) is 23.9. The average Bonchev–Trinajstić information content (AvgIpc) is 2.48. The van der Waals surface area contributed by atoms with Crippen LogP contribution >= 0.6 is 0 Å². The predicted octanol–water partition coefficient (Wildman–Crippen LogP) is 2.47. The van der Waals surface area contributed by atoms with Crippen LogP contribution in [0, 0.1) is 0 Å². The standard InChI is InChI=1S/C11H24N2O2.C2H6.CH2O2/c1-2-3-4-5-6-7-8-9-15-10-11(14)13-12;1-2;2-1-3/h2-10,12H2,1H3,(H,13,14);1-2H3;1H,(H,2,3). The van der Waals surface area contributed by atoms with Gasteiger partial charge in [-0.2, -0.15) is 0 Å². The number of nitrogens with one attached hydrogen (secondary N) is 1. The molecular weight excluding hydrogens is 260 g/mol. The van der Waals surface area contributed by atoms with E-state index in [1.807, 2.05) is 19.3 Å². The van der Waals surface area contributed by atoms with Gasteiger partial charge in [-0.3, -0.25) is 15.0 Å². The Hall–Kier alpha value is -1.14. The van der Waals surface area contributed by atoms with Gasteiger partial charge in [-0.05, 0) is 6.42 Å². The van der Waals surface area contributed by atoms with Gasteiger partial charge in [0.1, 0.15) is 6.61 Å². The summed E-state index contributed by atoms with van der Waals surface area (Å²) in [7, 11) is 0. The molecule has 0 radical (unpaired) electrons. The lowest BCUT2D eigenvalue weighted by Gasteiger charge is -2.03. The molecule has 0 fully saturated rings. The van der Waals surface area contributed by atoms with Gasteiger partial charge < -0.3 is 9.84 Å². The Balaban J connectivity index is -0.000000505. The SMILES string of the molecule is CC.CCCCCCCCCOCC(=O)NN.O=CO. The molecule has 0 aliphatic carbocycles. The lowest BCUT2D eigenvalue weighted by atomic mass is 10.1. The summed E-state index contributed by atoms with van der Waals surface area (Å²) in [5.41, 5.74) is 2.03. The Kier molecular flexibility index (Phi) is 31.6. The Morgan fingerprint density at radius 2 is 1.60 bits per heavy atom. The van der Waals surface area contributed by atoms with Gasteiger partial charge in [0, 0.05) is 6.61 Å². The number of nitrogens with two attached hydrogens (primary N) is 1. The average molecular weight is 292 g/mol. The molecule has 122 valence electrons. The highest BCUT2D eigenvalue weighted by atomic mass is 16.5. The number of ether oxygens (including phenoxy) is 1. The second kappa shape index (κ2) is 26.4. The van der Waals surface area contributed by atoms with Crippen LogP contribution in [0.5, 0.6) is 0 Å². The number of hydrogen-bond acceptors (Lipinski definition) is 4.